The predicted octanol–water partition coefficient (Wildman–Crippen LogP) is 3.48. The van der Waals surface area contributed by atoms with Crippen molar-refractivity contribution in [2.75, 3.05) is 7.11 Å². The van der Waals surface area contributed by atoms with Crippen molar-refractivity contribution in [3.63, 3.8) is 0 Å². The summed E-state index contributed by atoms with van der Waals surface area (Å²) in [5.74, 6) is 4.78. The summed E-state index contributed by atoms with van der Waals surface area (Å²) in [6, 6.07) is 8.97. The summed E-state index contributed by atoms with van der Waals surface area (Å²) in [7, 11) is 1.40. The van der Waals surface area contributed by atoms with Crippen molar-refractivity contribution in [3.8, 4) is 5.75 Å². The van der Waals surface area contributed by atoms with Gasteiger partial charge in [-0.05, 0) is 30.2 Å². The molecule has 21 heavy (non-hydrogen) atoms. The van der Waals surface area contributed by atoms with Crippen LogP contribution in [0, 0.1) is 11.6 Å². The number of nitrogens with two attached hydrogens (primary N) is 1. The molecule has 112 valence electrons. The SMILES string of the molecule is COc1cccc(CC(NN)c2ccc(Br)cc2F)c1F. The molecule has 0 heterocycles. The molecule has 2 aromatic carbocycles. The highest BCUT2D eigenvalue weighted by molar-refractivity contribution is 9.10. The third-order valence-corrected chi connectivity index (χ3v) is 3.72. The van der Waals surface area contributed by atoms with E-state index >= 15 is 0 Å². The standard InChI is InChI=1S/C15H15BrF2N2O/c1-21-14-4-2-3-9(15(14)18)7-13(20-19)11-6-5-10(16)8-12(11)17/h2-6,8,13,20H,7,19H2,1H3. The maximum atomic E-state index is 14.2. The Hall–Kier alpha value is -1.50. The molecule has 0 radical (unpaired) electrons. The fourth-order valence-corrected chi connectivity index (χ4v) is 2.47. The first-order chi connectivity index (χ1) is 10.1. The molecule has 0 fully saturated rings. The first-order valence-corrected chi connectivity index (χ1v) is 7.08. The largest absolute Gasteiger partial charge is 0.494 e. The van der Waals surface area contributed by atoms with Crippen LogP contribution in [-0.2, 0) is 6.42 Å². The molecule has 6 heteroatoms. The molecule has 0 saturated carbocycles. The number of hydrogen-bond acceptors (Lipinski definition) is 3. The first-order valence-electron chi connectivity index (χ1n) is 6.29. The quantitative estimate of drug-likeness (QED) is 0.636. The second kappa shape index (κ2) is 6.98. The summed E-state index contributed by atoms with van der Waals surface area (Å²) in [6.45, 7) is 0. The normalized spacial score (nSPS) is 12.2. The first kappa shape index (κ1) is 15.9. The van der Waals surface area contributed by atoms with E-state index in [1.807, 2.05) is 0 Å². The van der Waals surface area contributed by atoms with E-state index in [0.717, 1.165) is 0 Å². The summed E-state index contributed by atoms with van der Waals surface area (Å²) >= 11 is 3.20. The third-order valence-electron chi connectivity index (χ3n) is 3.23. The van der Waals surface area contributed by atoms with Gasteiger partial charge in [0.05, 0.1) is 13.2 Å². The third kappa shape index (κ3) is 3.58. The van der Waals surface area contributed by atoms with E-state index in [-0.39, 0.29) is 12.2 Å². The monoisotopic (exact) mass is 356 g/mol. The minimum absolute atomic E-state index is 0.152. The minimum Gasteiger partial charge on any atom is -0.494 e. The fourth-order valence-electron chi connectivity index (χ4n) is 2.13. The van der Waals surface area contributed by atoms with Gasteiger partial charge in [-0.2, -0.15) is 0 Å². The Labute approximate surface area is 130 Å². The Morgan fingerprint density at radius 2 is 2.05 bits per heavy atom. The van der Waals surface area contributed by atoms with Crippen LogP contribution in [-0.4, -0.2) is 7.11 Å². The molecule has 2 aromatic rings. The Kier molecular flexibility index (Phi) is 5.27. The van der Waals surface area contributed by atoms with Gasteiger partial charge in [-0.3, -0.25) is 11.3 Å². The van der Waals surface area contributed by atoms with E-state index in [4.69, 9.17) is 10.6 Å². The van der Waals surface area contributed by atoms with Gasteiger partial charge in [0.25, 0.3) is 0 Å². The number of methoxy groups -OCH3 is 1. The number of rotatable bonds is 5. The van der Waals surface area contributed by atoms with Gasteiger partial charge in [-0.1, -0.05) is 34.1 Å². The predicted molar refractivity (Wildman–Crippen MR) is 80.8 cm³/mol. The molecular formula is C15H15BrF2N2O. The topological polar surface area (TPSA) is 47.3 Å². The van der Waals surface area contributed by atoms with Crippen LogP contribution < -0.4 is 16.0 Å². The zero-order valence-electron chi connectivity index (χ0n) is 11.4. The van der Waals surface area contributed by atoms with E-state index in [0.29, 0.717) is 15.6 Å². The lowest BCUT2D eigenvalue weighted by atomic mass is 9.98. The van der Waals surface area contributed by atoms with E-state index in [1.165, 1.54) is 19.2 Å². The van der Waals surface area contributed by atoms with Gasteiger partial charge in [0.2, 0.25) is 0 Å². The molecule has 0 saturated heterocycles. The summed E-state index contributed by atoms with van der Waals surface area (Å²) in [5.41, 5.74) is 3.31. The van der Waals surface area contributed by atoms with Crippen molar-refractivity contribution in [1.29, 1.82) is 0 Å². The van der Waals surface area contributed by atoms with Crippen molar-refractivity contribution in [3.05, 3.63) is 63.6 Å². The summed E-state index contributed by atoms with van der Waals surface area (Å²) < 4.78 is 33.7. The number of nitrogens with one attached hydrogen (secondary N) is 1. The Bertz CT molecular complexity index is 637. The molecule has 1 atom stereocenters. The van der Waals surface area contributed by atoms with Crippen LogP contribution in [0.5, 0.6) is 5.75 Å². The van der Waals surface area contributed by atoms with Crippen LogP contribution in [0.25, 0.3) is 0 Å². The van der Waals surface area contributed by atoms with Crippen LogP contribution >= 0.6 is 15.9 Å². The molecular weight excluding hydrogens is 342 g/mol. The zero-order chi connectivity index (χ0) is 15.4. The molecule has 1 unspecified atom stereocenters. The fraction of sp³-hybridized carbons (Fsp3) is 0.200. The van der Waals surface area contributed by atoms with Crippen LogP contribution in [0.2, 0.25) is 0 Å². The van der Waals surface area contributed by atoms with Crippen molar-refractivity contribution >= 4 is 15.9 Å². The molecule has 0 spiro atoms. The molecule has 0 aromatic heterocycles. The van der Waals surface area contributed by atoms with Crippen molar-refractivity contribution in [2.45, 2.75) is 12.5 Å². The second-order valence-corrected chi connectivity index (χ2v) is 5.44. The lowest BCUT2D eigenvalue weighted by Crippen LogP contribution is -2.30. The minimum atomic E-state index is -0.542. The Balaban J connectivity index is 2.31. The van der Waals surface area contributed by atoms with Crippen molar-refractivity contribution < 1.29 is 13.5 Å². The summed E-state index contributed by atoms with van der Waals surface area (Å²) in [6.07, 6.45) is 0.206. The number of benzene rings is 2. The van der Waals surface area contributed by atoms with Crippen LogP contribution in [0.4, 0.5) is 8.78 Å². The number of halogens is 3. The summed E-state index contributed by atoms with van der Waals surface area (Å²) in [4.78, 5) is 0. The Morgan fingerprint density at radius 1 is 1.29 bits per heavy atom. The zero-order valence-corrected chi connectivity index (χ0v) is 13.0. The van der Waals surface area contributed by atoms with Gasteiger partial charge in [0.15, 0.2) is 11.6 Å². The molecule has 0 bridgehead atoms. The molecule has 3 nitrogen and oxygen atoms in total. The number of hydrogen-bond donors (Lipinski definition) is 2. The average Bonchev–Trinajstić information content (AvgIpc) is 2.47. The Morgan fingerprint density at radius 3 is 2.67 bits per heavy atom. The van der Waals surface area contributed by atoms with E-state index in [2.05, 4.69) is 21.4 Å². The van der Waals surface area contributed by atoms with Gasteiger partial charge >= 0.3 is 0 Å². The van der Waals surface area contributed by atoms with Gasteiger partial charge in [0, 0.05) is 10.0 Å². The number of ether oxygens (including phenoxy) is 1. The molecule has 2 rings (SSSR count). The molecule has 3 N–H and O–H groups in total. The maximum Gasteiger partial charge on any atom is 0.168 e. The summed E-state index contributed by atoms with van der Waals surface area (Å²) in [5, 5.41) is 0. The molecule has 0 aliphatic rings. The molecule has 0 amide bonds. The highest BCUT2D eigenvalue weighted by Crippen LogP contribution is 2.27. The smallest absolute Gasteiger partial charge is 0.168 e. The molecule has 0 aliphatic carbocycles. The van der Waals surface area contributed by atoms with Gasteiger partial charge in [-0.15, -0.1) is 0 Å². The highest BCUT2D eigenvalue weighted by atomic mass is 79.9. The van der Waals surface area contributed by atoms with Crippen LogP contribution in [0.3, 0.4) is 0 Å². The highest BCUT2D eigenvalue weighted by Gasteiger charge is 2.18. The maximum absolute atomic E-state index is 14.2. The van der Waals surface area contributed by atoms with Crippen molar-refractivity contribution in [1.82, 2.24) is 5.43 Å². The van der Waals surface area contributed by atoms with E-state index in [1.54, 1.807) is 24.3 Å². The average molecular weight is 357 g/mol. The number of hydrazine groups is 1. The molecule has 0 aliphatic heterocycles. The second-order valence-electron chi connectivity index (χ2n) is 4.52. The van der Waals surface area contributed by atoms with E-state index < -0.39 is 17.7 Å². The van der Waals surface area contributed by atoms with Crippen LogP contribution in [0.15, 0.2) is 40.9 Å². The van der Waals surface area contributed by atoms with Gasteiger partial charge in [0.1, 0.15) is 5.82 Å². The van der Waals surface area contributed by atoms with Crippen LogP contribution in [0.1, 0.15) is 17.2 Å². The lowest BCUT2D eigenvalue weighted by molar-refractivity contribution is 0.382. The lowest BCUT2D eigenvalue weighted by Gasteiger charge is -2.18. The van der Waals surface area contributed by atoms with Gasteiger partial charge < -0.3 is 4.74 Å². The van der Waals surface area contributed by atoms with Gasteiger partial charge in [-0.25, -0.2) is 8.78 Å². The van der Waals surface area contributed by atoms with E-state index in [9.17, 15) is 8.78 Å². The van der Waals surface area contributed by atoms with Crippen molar-refractivity contribution in [2.24, 2.45) is 5.84 Å².